The van der Waals surface area contributed by atoms with Gasteiger partial charge in [-0.15, -0.1) is 0 Å². The van der Waals surface area contributed by atoms with Crippen molar-refractivity contribution < 1.29 is 232 Å². The van der Waals surface area contributed by atoms with Crippen LogP contribution in [0.25, 0.3) is 0 Å². The van der Waals surface area contributed by atoms with Gasteiger partial charge in [0.2, 0.25) is 23.6 Å². The van der Waals surface area contributed by atoms with Gasteiger partial charge in [0, 0.05) is 58.8 Å². The van der Waals surface area contributed by atoms with Crippen molar-refractivity contribution in [2.75, 3.05) is 52.9 Å². The summed E-state index contributed by atoms with van der Waals surface area (Å²) in [6.07, 6.45) is -47.1. The Hall–Kier alpha value is -5.74. The molecular formula is C96H166N4O47. The van der Waals surface area contributed by atoms with Crippen molar-refractivity contribution in [3.8, 4) is 0 Å². The zero-order chi connectivity index (χ0) is 109. The highest BCUT2D eigenvalue weighted by Crippen LogP contribution is 2.46. The summed E-state index contributed by atoms with van der Waals surface area (Å²) in [4.78, 5) is 108. The lowest BCUT2D eigenvalue weighted by molar-refractivity contribution is -0.407. The predicted molar refractivity (Wildman–Crippen MR) is 502 cm³/mol. The third-order valence-corrected chi connectivity index (χ3v) is 27.9. The second kappa shape index (κ2) is 63.3. The molecule has 7 heterocycles. The third-order valence-electron chi connectivity index (χ3n) is 27.9. The van der Waals surface area contributed by atoms with Gasteiger partial charge in [0.15, 0.2) is 25.2 Å². The number of carbonyl (C=O) groups is 8. The number of carboxylic acid groups (broad SMARTS) is 3. The Balaban J connectivity index is 1.24. The second-order valence-corrected chi connectivity index (χ2v) is 39.6. The van der Waals surface area contributed by atoms with E-state index in [-0.39, 0.29) is 6.42 Å². The first-order chi connectivity index (χ1) is 69.9. The molecule has 0 aliphatic carbocycles. The number of nitrogens with one attached hydrogen (secondary N) is 4. The molecule has 3 unspecified atom stereocenters. The number of amides is 4. The van der Waals surface area contributed by atoms with Crippen LogP contribution in [0.4, 0.5) is 0 Å². The Kier molecular flexibility index (Phi) is 55.2. The van der Waals surface area contributed by atoms with E-state index in [1.807, 2.05) is 0 Å². The molecule has 0 aromatic heterocycles. The number of allylic oxidation sites excluding steroid dienone is 1. The largest absolute Gasteiger partial charge is 0.477 e. The number of hydrogen-bond donors (Lipinski definition) is 29. The number of carboxylic acids is 3. The highest BCUT2D eigenvalue weighted by Gasteiger charge is 2.66. The molecule has 147 heavy (non-hydrogen) atoms. The Morgan fingerprint density at radius 2 is 0.755 bits per heavy atom. The maximum Gasteiger partial charge on any atom is 0.364 e. The minimum Gasteiger partial charge on any atom is -0.477 e. The van der Waals surface area contributed by atoms with Crippen LogP contribution in [0.5, 0.6) is 0 Å². The summed E-state index contributed by atoms with van der Waals surface area (Å²) < 4.78 is 84.4. The topological polar surface area (TPSA) is 820 Å². The smallest absolute Gasteiger partial charge is 0.364 e. The van der Waals surface area contributed by atoms with Gasteiger partial charge in [0.05, 0.1) is 108 Å². The fourth-order valence-electron chi connectivity index (χ4n) is 19.7. The van der Waals surface area contributed by atoms with Crippen molar-refractivity contribution in [1.29, 1.82) is 0 Å². The lowest BCUT2D eigenvalue weighted by atomic mass is 9.86. The van der Waals surface area contributed by atoms with E-state index in [1.165, 1.54) is 83.1 Å². The molecule has 7 aliphatic rings. The van der Waals surface area contributed by atoms with Crippen LogP contribution in [-0.2, 0) is 105 Å². The van der Waals surface area contributed by atoms with Gasteiger partial charge >= 0.3 is 17.9 Å². The van der Waals surface area contributed by atoms with E-state index >= 15 is 0 Å². The average molecular weight is 2130 g/mol. The summed E-state index contributed by atoms with van der Waals surface area (Å²) >= 11 is 0. The average Bonchev–Trinajstić information content (AvgIpc) is 0.740. The Labute approximate surface area is 853 Å². The van der Waals surface area contributed by atoms with Crippen molar-refractivity contribution >= 4 is 47.3 Å². The summed E-state index contributed by atoms with van der Waals surface area (Å²) in [5, 5.41) is 296. The van der Waals surface area contributed by atoms with Gasteiger partial charge in [-0.05, 0) is 26.2 Å². The number of ether oxygens (including phenoxy) is 14. The summed E-state index contributed by atoms with van der Waals surface area (Å²) in [6.45, 7) is -2.17. The summed E-state index contributed by atoms with van der Waals surface area (Å²) in [5.41, 5.74) is 0. The molecule has 51 heteroatoms. The number of ketones is 1. The lowest BCUT2D eigenvalue weighted by Gasteiger charge is -2.53. The van der Waals surface area contributed by atoms with Crippen LogP contribution >= 0.6 is 0 Å². The fraction of sp³-hybridized carbons (Fsp3) is 0.896. The number of aliphatic carboxylic acids is 3. The van der Waals surface area contributed by atoms with Crippen molar-refractivity contribution in [2.24, 2.45) is 5.92 Å². The SMILES string of the molecule is CCCCCCCCCCCCC/C=C/[C@@H](O)[C@H](CO[C@@H]1O[C@H](CO)[C@@H](O[C@@H]2O[C@H](CO)[C@H](O[C@@H]3O[C@H](CO)[C@H](O)[C@H](O[C@@H]4O[C@H](CO)[C@H](O)[C@H](O)[C@H]4O)[C@H]3CC(C)=O)[C@H](O[C@]3(C(=O)O)C[C@H](O)[C@@H](NC(C)=O)C([C@H](O)[C@@H](CO)O[C@]4(C(=O)O)C[C@H](O)[C@@H](NC(C)=O)C([C@H](O)[C@@H](CO)O[C@]5(C(=O)O)C[C@H](O)[C@@H](NC(C)=O)C([C@H](O)[C@H](O)CO)O5)O4)O3)[C@H]2O)[C@H](O)[C@H]1O)NC(=O)CCCCCCCCCCCCCCCCC. The molecule has 7 rings (SSSR count). The van der Waals surface area contributed by atoms with Crippen molar-refractivity contribution in [3.05, 3.63) is 12.2 Å². The minimum atomic E-state index is -3.81. The minimum absolute atomic E-state index is 0.0559. The van der Waals surface area contributed by atoms with Gasteiger partial charge in [-0.2, -0.15) is 0 Å². The normalized spacial score (nSPS) is 35.5. The monoisotopic (exact) mass is 2130 g/mol. The summed E-state index contributed by atoms with van der Waals surface area (Å²) in [6, 6.07) is -7.45. The van der Waals surface area contributed by atoms with Gasteiger partial charge in [0.25, 0.3) is 17.4 Å². The molecule has 0 spiro atoms. The van der Waals surface area contributed by atoms with Crippen molar-refractivity contribution in [1.82, 2.24) is 21.3 Å². The van der Waals surface area contributed by atoms with Gasteiger partial charge in [-0.1, -0.05) is 180 Å². The maximum absolute atomic E-state index is 14.7. The number of aliphatic hydroxyl groups is 22. The molecule has 7 aliphatic heterocycles. The molecule has 40 atom stereocenters. The molecule has 7 fully saturated rings. The van der Waals surface area contributed by atoms with Crippen LogP contribution in [0.3, 0.4) is 0 Å². The summed E-state index contributed by atoms with van der Waals surface area (Å²) in [5.74, 6) is -24.3. The number of unbranched alkanes of at least 4 members (excludes halogenated alkanes) is 25. The van der Waals surface area contributed by atoms with E-state index in [4.69, 9.17) is 66.3 Å². The molecule has 4 amide bonds. The highest BCUT2D eigenvalue weighted by molar-refractivity contribution is 5.79. The lowest BCUT2D eigenvalue weighted by Crippen LogP contribution is -2.72. The van der Waals surface area contributed by atoms with E-state index in [1.54, 1.807) is 6.08 Å². The Morgan fingerprint density at radius 1 is 0.388 bits per heavy atom. The maximum atomic E-state index is 14.7. The highest BCUT2D eigenvalue weighted by atomic mass is 16.8. The number of rotatable bonds is 67. The van der Waals surface area contributed by atoms with Gasteiger partial charge in [-0.3, -0.25) is 19.2 Å². The molecule has 0 saturated carbocycles. The molecule has 0 aromatic rings. The zero-order valence-electron chi connectivity index (χ0n) is 84.5. The predicted octanol–water partition coefficient (Wildman–Crippen LogP) is -5.60. The fourth-order valence-corrected chi connectivity index (χ4v) is 19.7. The van der Waals surface area contributed by atoms with E-state index in [0.29, 0.717) is 12.8 Å². The first-order valence-electron chi connectivity index (χ1n) is 51.6. The molecule has 0 radical (unpaired) electrons. The quantitative estimate of drug-likeness (QED) is 0.0199. The molecule has 7 saturated heterocycles. The first-order valence-corrected chi connectivity index (χ1v) is 51.6. The Morgan fingerprint density at radius 3 is 1.18 bits per heavy atom. The van der Waals surface area contributed by atoms with E-state index in [9.17, 15) is 166 Å². The van der Waals surface area contributed by atoms with Crippen molar-refractivity contribution in [3.63, 3.8) is 0 Å². The van der Waals surface area contributed by atoms with E-state index < -0.39 is 369 Å². The van der Waals surface area contributed by atoms with E-state index in [2.05, 4.69) is 35.1 Å². The van der Waals surface area contributed by atoms with Crippen molar-refractivity contribution in [2.45, 2.75) is 485 Å². The van der Waals surface area contributed by atoms with Crippen LogP contribution in [0, 0.1) is 5.92 Å². The summed E-state index contributed by atoms with van der Waals surface area (Å²) in [7, 11) is 0. The van der Waals surface area contributed by atoms with Crippen LogP contribution in [0.15, 0.2) is 12.2 Å². The molecule has 0 aromatic carbocycles. The Bertz CT molecular complexity index is 3910. The molecule has 29 N–H and O–H groups in total. The van der Waals surface area contributed by atoms with Gasteiger partial charge in [0.1, 0.15) is 146 Å². The molecule has 0 bridgehead atoms. The number of Topliss-reactive ketones (excluding diaryl/α,β-unsaturated/α-hetero) is 1. The van der Waals surface area contributed by atoms with Crippen LogP contribution in [0.1, 0.15) is 247 Å². The molecule has 51 nitrogen and oxygen atoms in total. The number of carbonyl (C=O) groups excluding carboxylic acids is 5. The first kappa shape index (κ1) is 128. The van der Waals surface area contributed by atoms with Crippen LogP contribution < -0.4 is 21.3 Å². The molecular weight excluding hydrogens is 1960 g/mol. The van der Waals surface area contributed by atoms with Gasteiger partial charge in [-0.25, -0.2) is 14.4 Å². The van der Waals surface area contributed by atoms with Crippen LogP contribution in [-0.4, -0.2) is 465 Å². The van der Waals surface area contributed by atoms with Crippen LogP contribution in [0.2, 0.25) is 0 Å². The standard InChI is InChI=1S/C96H166N4O47/c1-7-9-11-13-15-17-19-21-22-24-26-28-30-32-34-36-66(117)100-54(55(112)35-33-31-29-27-25-23-20-18-16-14-12-10-8-2)48-134-88-78(126)76(124)81(64(46-106)137-88)140-90-79(127)86(82(65(47-107)138-90)141-87-53(37-49(3)108)80(72(120)61(43-103)135-87)139-89-77(125)75(123)71(119)60(42-102)136-89)147-96(93(132)133)40-58(115)69(99-52(6)111)85(146-96)74(122)63(45-105)143-95(92(130)131)39-57(114)68(98-51(5)110)84(145-95)73(121)62(44-104)142-94(91(128)129)38-56(113)67(97-50(4)109)83(144-94)70(118)59(116)41-101/h33,35,53-65,67-90,101-107,112-116,118-127H,7-32,34,36-48H2,1-6H3,(H,97,109)(H,98,110)(H,99,111)(H,100,117)(H,128,129)(H,130,131)(H,132,133)/b35-33+/t53-,54+,55-,56+,57+,58+,59-,60-,61-,62-,63-,64-,65-,67-,68-,69-,70-,71+,72+,73-,74-,75+,76-,77-,78-,79-,80-,81-,82+,83?,84?,85?,86-,87+,88-,89+,90+,94-,95-,96+/m1/s1. The number of hydrogen-bond acceptors (Lipinski definition) is 44. The van der Waals surface area contributed by atoms with E-state index in [0.717, 1.165) is 111 Å². The van der Waals surface area contributed by atoms with Gasteiger partial charge < -0.3 is 220 Å². The third kappa shape index (κ3) is 36.2. The zero-order valence-corrected chi connectivity index (χ0v) is 84.5. The molecule has 852 valence electrons. The second-order valence-electron chi connectivity index (χ2n) is 39.6. The number of aliphatic hydroxyl groups excluding tert-OH is 22.